The van der Waals surface area contributed by atoms with E-state index >= 15 is 0 Å². The van der Waals surface area contributed by atoms with Crippen LogP contribution in [0.1, 0.15) is 10.4 Å². The third-order valence-electron chi connectivity index (χ3n) is 6.31. The summed E-state index contributed by atoms with van der Waals surface area (Å²) in [4.78, 5) is 31.6. The first kappa shape index (κ1) is 27.6. The van der Waals surface area contributed by atoms with Crippen molar-refractivity contribution in [3.8, 4) is 17.0 Å². The van der Waals surface area contributed by atoms with Gasteiger partial charge in [-0.2, -0.15) is 0 Å². The molecule has 2 heterocycles. The molecule has 200 valence electrons. The summed E-state index contributed by atoms with van der Waals surface area (Å²) in [5.41, 5.74) is 1.97. The molecular formula is C27H29Cl2N5O4. The van der Waals surface area contributed by atoms with Crippen molar-refractivity contribution in [1.82, 2.24) is 20.0 Å². The first-order valence-corrected chi connectivity index (χ1v) is 12.9. The maximum atomic E-state index is 13.1. The van der Waals surface area contributed by atoms with Gasteiger partial charge in [-0.05, 0) is 42.5 Å². The van der Waals surface area contributed by atoms with Gasteiger partial charge in [0.05, 0.1) is 30.0 Å². The molecule has 9 nitrogen and oxygen atoms in total. The predicted molar refractivity (Wildman–Crippen MR) is 147 cm³/mol. The van der Waals surface area contributed by atoms with Crippen LogP contribution in [0, 0.1) is 0 Å². The summed E-state index contributed by atoms with van der Waals surface area (Å²) in [6.07, 6.45) is 0. The highest BCUT2D eigenvalue weighted by Gasteiger charge is 2.26. The highest BCUT2D eigenvalue weighted by Crippen LogP contribution is 2.24. The number of benzene rings is 2. The Hall–Kier alpha value is -3.40. The molecule has 1 aliphatic rings. The minimum Gasteiger partial charge on any atom is -0.497 e. The molecule has 4 rings (SSSR count). The molecule has 0 bridgehead atoms. The van der Waals surface area contributed by atoms with Gasteiger partial charge in [0.25, 0.3) is 5.91 Å². The smallest absolute Gasteiger partial charge is 0.255 e. The summed E-state index contributed by atoms with van der Waals surface area (Å²) in [5.74, 6) is 1.02. The number of halogens is 2. The number of anilines is 1. The molecule has 38 heavy (non-hydrogen) atoms. The van der Waals surface area contributed by atoms with Crippen LogP contribution in [-0.4, -0.2) is 91.9 Å². The van der Waals surface area contributed by atoms with Gasteiger partial charge in [-0.25, -0.2) is 0 Å². The second kappa shape index (κ2) is 12.9. The molecule has 0 unspecified atom stereocenters. The number of methoxy groups -OCH3 is 2. The molecule has 1 aliphatic heterocycles. The number of ether oxygens (including phenoxy) is 2. The Kier molecular flexibility index (Phi) is 9.38. The molecule has 1 saturated heterocycles. The average molecular weight is 558 g/mol. The molecule has 3 aromatic rings. The van der Waals surface area contributed by atoms with E-state index in [4.69, 9.17) is 32.7 Å². The van der Waals surface area contributed by atoms with Crippen LogP contribution >= 0.6 is 23.2 Å². The summed E-state index contributed by atoms with van der Waals surface area (Å²) < 4.78 is 10.4. The minimum absolute atomic E-state index is 0.0732. The second-order valence-corrected chi connectivity index (χ2v) is 9.56. The molecule has 2 aromatic carbocycles. The van der Waals surface area contributed by atoms with Crippen molar-refractivity contribution < 1.29 is 19.1 Å². The number of carbonyl (C=O) groups is 2. The zero-order chi connectivity index (χ0) is 27.1. The van der Waals surface area contributed by atoms with Crippen LogP contribution < -0.4 is 9.64 Å². The van der Waals surface area contributed by atoms with Crippen molar-refractivity contribution in [2.75, 3.05) is 65.0 Å². The van der Waals surface area contributed by atoms with Gasteiger partial charge < -0.3 is 24.2 Å². The normalized spacial score (nSPS) is 13.4. The van der Waals surface area contributed by atoms with Gasteiger partial charge in [0.1, 0.15) is 12.3 Å². The number of piperazine rings is 1. The highest BCUT2D eigenvalue weighted by molar-refractivity contribution is 6.36. The molecule has 11 heteroatoms. The Balaban J connectivity index is 1.36. The highest BCUT2D eigenvalue weighted by atomic mass is 35.5. The number of carbonyl (C=O) groups excluding carboxylic acids is 2. The summed E-state index contributed by atoms with van der Waals surface area (Å²) in [5, 5.41) is 9.45. The van der Waals surface area contributed by atoms with Gasteiger partial charge in [-0.1, -0.05) is 35.3 Å². The van der Waals surface area contributed by atoms with E-state index in [1.54, 1.807) is 31.3 Å². The van der Waals surface area contributed by atoms with Gasteiger partial charge in [0, 0.05) is 50.4 Å². The largest absolute Gasteiger partial charge is 0.497 e. The predicted octanol–water partition coefficient (Wildman–Crippen LogP) is 3.90. The van der Waals surface area contributed by atoms with Crippen LogP contribution in [0.15, 0.2) is 54.6 Å². The van der Waals surface area contributed by atoms with Crippen molar-refractivity contribution >= 4 is 40.8 Å². The lowest BCUT2D eigenvalue weighted by molar-refractivity contribution is -0.132. The number of amides is 2. The number of aromatic nitrogens is 2. The maximum absolute atomic E-state index is 13.1. The molecular weight excluding hydrogens is 529 g/mol. The van der Waals surface area contributed by atoms with Crippen molar-refractivity contribution in [1.29, 1.82) is 0 Å². The van der Waals surface area contributed by atoms with Crippen LogP contribution in [0.3, 0.4) is 0 Å². The zero-order valence-corrected chi connectivity index (χ0v) is 22.8. The lowest BCUT2D eigenvalue weighted by Crippen LogP contribution is -2.52. The Morgan fingerprint density at radius 2 is 1.76 bits per heavy atom. The maximum Gasteiger partial charge on any atom is 0.255 e. The third-order valence-corrected chi connectivity index (χ3v) is 6.86. The first-order chi connectivity index (χ1) is 18.4. The molecule has 0 aliphatic carbocycles. The summed E-state index contributed by atoms with van der Waals surface area (Å²) in [6, 6.07) is 16.2. The quantitative estimate of drug-likeness (QED) is 0.394. The zero-order valence-electron chi connectivity index (χ0n) is 21.3. The van der Waals surface area contributed by atoms with Gasteiger partial charge in [-0.3, -0.25) is 9.59 Å². The van der Waals surface area contributed by atoms with E-state index < -0.39 is 0 Å². The van der Waals surface area contributed by atoms with E-state index in [0.717, 1.165) is 22.8 Å². The van der Waals surface area contributed by atoms with E-state index in [0.29, 0.717) is 43.4 Å². The SMILES string of the molecule is COCCN(CC(=O)N1CCN(c2ccc(-c3cccc(OC)c3)nn2)CC1)C(=O)c1ccc(Cl)cc1Cl. The topological polar surface area (TPSA) is 88.1 Å². The Morgan fingerprint density at radius 3 is 2.42 bits per heavy atom. The van der Waals surface area contributed by atoms with Crippen LogP contribution in [0.5, 0.6) is 5.75 Å². The third kappa shape index (κ3) is 6.72. The monoisotopic (exact) mass is 557 g/mol. The van der Waals surface area contributed by atoms with E-state index in [1.807, 2.05) is 36.4 Å². The van der Waals surface area contributed by atoms with E-state index in [1.165, 1.54) is 11.0 Å². The fourth-order valence-corrected chi connectivity index (χ4v) is 4.65. The fraction of sp³-hybridized carbons (Fsp3) is 0.333. The van der Waals surface area contributed by atoms with Crippen LogP contribution in [-0.2, 0) is 9.53 Å². The standard InChI is InChI=1S/C27H29Cl2N5O4/c1-37-15-14-34(27(36)22-7-6-20(28)17-23(22)29)18-26(35)33-12-10-32(11-13-33)25-9-8-24(30-31-25)19-4-3-5-21(16-19)38-2/h3-9,16-17H,10-15,18H2,1-2H3. The molecule has 0 saturated carbocycles. The van der Waals surface area contributed by atoms with Gasteiger partial charge >= 0.3 is 0 Å². The Bertz CT molecular complexity index is 1270. The molecule has 1 aromatic heterocycles. The van der Waals surface area contributed by atoms with Crippen LogP contribution in [0.2, 0.25) is 10.0 Å². The van der Waals surface area contributed by atoms with E-state index in [2.05, 4.69) is 15.1 Å². The Labute approximate surface area is 231 Å². The molecule has 0 radical (unpaired) electrons. The number of hydrogen-bond acceptors (Lipinski definition) is 7. The number of hydrogen-bond donors (Lipinski definition) is 0. The number of rotatable bonds is 9. The lowest BCUT2D eigenvalue weighted by atomic mass is 10.1. The minimum atomic E-state index is -0.345. The molecule has 0 atom stereocenters. The molecule has 0 spiro atoms. The van der Waals surface area contributed by atoms with Crippen molar-refractivity contribution in [2.45, 2.75) is 0 Å². The van der Waals surface area contributed by atoms with E-state index in [-0.39, 0.29) is 29.9 Å². The average Bonchev–Trinajstić information content (AvgIpc) is 2.95. The van der Waals surface area contributed by atoms with Crippen molar-refractivity contribution in [3.63, 3.8) is 0 Å². The fourth-order valence-electron chi connectivity index (χ4n) is 4.17. The van der Waals surface area contributed by atoms with Crippen LogP contribution in [0.25, 0.3) is 11.3 Å². The lowest BCUT2D eigenvalue weighted by Gasteiger charge is -2.36. The van der Waals surface area contributed by atoms with E-state index in [9.17, 15) is 9.59 Å². The van der Waals surface area contributed by atoms with Gasteiger partial charge in [0.2, 0.25) is 5.91 Å². The van der Waals surface area contributed by atoms with Gasteiger partial charge in [-0.15, -0.1) is 10.2 Å². The van der Waals surface area contributed by atoms with Gasteiger partial charge in [0.15, 0.2) is 5.82 Å². The Morgan fingerprint density at radius 1 is 0.974 bits per heavy atom. The van der Waals surface area contributed by atoms with Crippen molar-refractivity contribution in [2.24, 2.45) is 0 Å². The molecule has 2 amide bonds. The number of nitrogens with zero attached hydrogens (tertiary/aromatic N) is 5. The molecule has 0 N–H and O–H groups in total. The van der Waals surface area contributed by atoms with Crippen molar-refractivity contribution in [3.05, 3.63) is 70.2 Å². The summed E-state index contributed by atoms with van der Waals surface area (Å²) in [6.45, 7) is 2.70. The second-order valence-electron chi connectivity index (χ2n) is 8.72. The first-order valence-electron chi connectivity index (χ1n) is 12.1. The summed E-state index contributed by atoms with van der Waals surface area (Å²) in [7, 11) is 3.17. The summed E-state index contributed by atoms with van der Waals surface area (Å²) >= 11 is 12.2. The molecule has 1 fully saturated rings. The van der Waals surface area contributed by atoms with Crippen LogP contribution in [0.4, 0.5) is 5.82 Å².